The zero-order valence-corrected chi connectivity index (χ0v) is 21.1. The number of nitrogens with two attached hydrogens (primary N) is 1. The lowest BCUT2D eigenvalue weighted by molar-refractivity contribution is 0.318. The second-order valence-corrected chi connectivity index (χ2v) is 8.37. The molecule has 9 nitrogen and oxygen atoms in total. The molecule has 0 atom stereocenters. The van der Waals surface area contributed by atoms with Crippen molar-refractivity contribution in [1.29, 1.82) is 0 Å². The van der Waals surface area contributed by atoms with Crippen molar-refractivity contribution >= 4 is 21.8 Å². The summed E-state index contributed by atoms with van der Waals surface area (Å²) in [7, 11) is 0. The molecule has 4 rings (SSSR count). The highest BCUT2D eigenvalue weighted by Crippen LogP contribution is 2.19. The van der Waals surface area contributed by atoms with Crippen LogP contribution in [0.15, 0.2) is 41.5 Å². The lowest BCUT2D eigenvalue weighted by Gasteiger charge is -2.00. The van der Waals surface area contributed by atoms with E-state index in [1.165, 1.54) is 28.3 Å². The minimum atomic E-state index is 0.250. The molecule has 188 valence electrons. The van der Waals surface area contributed by atoms with Crippen LogP contribution in [-0.4, -0.2) is 45.2 Å². The smallest absolute Gasteiger partial charge is 0.0923 e. The van der Waals surface area contributed by atoms with Crippen LogP contribution >= 0.6 is 0 Å². The van der Waals surface area contributed by atoms with E-state index in [2.05, 4.69) is 67.7 Å². The molecule has 2 heterocycles. The number of aryl methyl sites for hydroxylation is 4. The van der Waals surface area contributed by atoms with Crippen LogP contribution in [-0.2, 0) is 12.8 Å². The van der Waals surface area contributed by atoms with E-state index in [9.17, 15) is 0 Å². The third-order valence-electron chi connectivity index (χ3n) is 5.57. The average Bonchev–Trinajstić information content (AvgIpc) is 3.42. The van der Waals surface area contributed by atoms with Gasteiger partial charge < -0.3 is 10.8 Å². The number of fused-ring (bicyclic) bond motifs is 2. The fourth-order valence-electron chi connectivity index (χ4n) is 3.71. The largest absolute Gasteiger partial charge is 0.397 e. The molecule has 2 aromatic heterocycles. The summed E-state index contributed by atoms with van der Waals surface area (Å²) in [4.78, 5) is 2.74. The zero-order chi connectivity index (χ0) is 25.5. The first-order valence-electron chi connectivity index (χ1n) is 12.2. The molecule has 0 aliphatic heterocycles. The Kier molecular flexibility index (Phi) is 12.3. The Morgan fingerprint density at radius 3 is 1.83 bits per heavy atom. The van der Waals surface area contributed by atoms with Crippen molar-refractivity contribution in [2.24, 2.45) is 10.8 Å². The van der Waals surface area contributed by atoms with E-state index in [0.717, 1.165) is 61.1 Å². The number of nitrogens with one attached hydrogen (secondary N) is 2. The minimum absolute atomic E-state index is 0.250. The second-order valence-electron chi connectivity index (χ2n) is 8.37. The molecular formula is C26H38N8O. The number of aromatic nitrogens is 4. The molecule has 0 spiro atoms. The van der Waals surface area contributed by atoms with Crippen molar-refractivity contribution in [2.45, 2.75) is 59.3 Å². The van der Waals surface area contributed by atoms with Gasteiger partial charge in [0, 0.05) is 40.2 Å². The number of nitrogens with zero attached hydrogens (tertiary/aromatic N) is 5. The van der Waals surface area contributed by atoms with Gasteiger partial charge in [0.1, 0.15) is 0 Å². The standard InChI is InChI=1S/C12H15N5.C12H17N3.C2H6O/c1-9-11-8-10(4-2-3-7-14-17-13)5-6-12(11)16-15-9;1-9-11-8-10(4-2-3-7-13)5-6-12(11)15-14-9;1-2-3/h5-6,8H,2-4,7H2,1H3,(H,15,16);5-6,8H,2-4,7,13H2,1H3,(H,14,15);3H,2H2,1H3. The monoisotopic (exact) mass is 478 g/mol. The van der Waals surface area contributed by atoms with Gasteiger partial charge in [0.15, 0.2) is 0 Å². The molecule has 0 aliphatic carbocycles. The molecule has 0 saturated carbocycles. The van der Waals surface area contributed by atoms with Crippen LogP contribution in [0.3, 0.4) is 0 Å². The van der Waals surface area contributed by atoms with Gasteiger partial charge >= 0.3 is 0 Å². The first-order valence-corrected chi connectivity index (χ1v) is 12.2. The van der Waals surface area contributed by atoms with Gasteiger partial charge in [-0.25, -0.2) is 0 Å². The Morgan fingerprint density at radius 2 is 1.37 bits per heavy atom. The molecule has 0 aliphatic rings. The number of aromatic amines is 2. The number of aliphatic hydroxyl groups is 1. The lowest BCUT2D eigenvalue weighted by Crippen LogP contribution is -1.98. The molecule has 0 unspecified atom stereocenters. The fraction of sp³-hybridized carbons (Fsp3) is 0.462. The van der Waals surface area contributed by atoms with Crippen molar-refractivity contribution in [3.05, 3.63) is 69.4 Å². The van der Waals surface area contributed by atoms with E-state index in [4.69, 9.17) is 16.4 Å². The molecule has 5 N–H and O–H groups in total. The first-order chi connectivity index (χ1) is 17.0. The molecule has 2 aromatic carbocycles. The summed E-state index contributed by atoms with van der Waals surface area (Å²) in [6.07, 6.45) is 6.37. The molecule has 4 aromatic rings. The second kappa shape index (κ2) is 15.5. The summed E-state index contributed by atoms with van der Waals surface area (Å²) < 4.78 is 0. The van der Waals surface area contributed by atoms with E-state index in [-0.39, 0.29) is 6.61 Å². The Hall–Kier alpha value is -3.39. The van der Waals surface area contributed by atoms with Gasteiger partial charge in [-0.3, -0.25) is 10.2 Å². The Bertz CT molecular complexity index is 1210. The van der Waals surface area contributed by atoms with Gasteiger partial charge in [-0.1, -0.05) is 17.2 Å². The predicted octanol–water partition coefficient (Wildman–Crippen LogP) is 5.66. The van der Waals surface area contributed by atoms with Crippen LogP contribution in [0, 0.1) is 13.8 Å². The van der Waals surface area contributed by atoms with Crippen LogP contribution < -0.4 is 5.73 Å². The molecule has 35 heavy (non-hydrogen) atoms. The van der Waals surface area contributed by atoms with Gasteiger partial charge in [0.25, 0.3) is 0 Å². The number of unbranched alkanes of at least 4 members (excludes halogenated alkanes) is 2. The quantitative estimate of drug-likeness (QED) is 0.106. The van der Waals surface area contributed by atoms with Crippen molar-refractivity contribution in [3.63, 3.8) is 0 Å². The maximum Gasteiger partial charge on any atom is 0.0923 e. The first kappa shape index (κ1) is 27.9. The predicted molar refractivity (Wildman–Crippen MR) is 143 cm³/mol. The van der Waals surface area contributed by atoms with E-state index in [1.807, 2.05) is 13.0 Å². The maximum atomic E-state index is 8.16. The van der Waals surface area contributed by atoms with Crippen LogP contribution in [0.2, 0.25) is 0 Å². The molecule has 0 radical (unpaired) electrons. The molecule has 0 amide bonds. The van der Waals surface area contributed by atoms with Crippen LogP contribution in [0.1, 0.15) is 55.1 Å². The highest BCUT2D eigenvalue weighted by Gasteiger charge is 2.03. The third-order valence-corrected chi connectivity index (χ3v) is 5.57. The summed E-state index contributed by atoms with van der Waals surface area (Å²) in [6.45, 7) is 7.39. The minimum Gasteiger partial charge on any atom is -0.397 e. The number of hydrogen-bond acceptors (Lipinski definition) is 5. The summed E-state index contributed by atoms with van der Waals surface area (Å²) >= 11 is 0. The molecule has 9 heteroatoms. The molecule has 0 fully saturated rings. The number of benzene rings is 2. The number of azide groups is 1. The van der Waals surface area contributed by atoms with Gasteiger partial charge in [0.05, 0.1) is 11.0 Å². The summed E-state index contributed by atoms with van der Waals surface area (Å²) in [5.74, 6) is 0. The molecule has 0 bridgehead atoms. The third kappa shape index (κ3) is 9.05. The molecular weight excluding hydrogens is 440 g/mol. The Morgan fingerprint density at radius 1 is 0.886 bits per heavy atom. The van der Waals surface area contributed by atoms with Crippen molar-refractivity contribution < 1.29 is 5.11 Å². The van der Waals surface area contributed by atoms with E-state index >= 15 is 0 Å². The summed E-state index contributed by atoms with van der Waals surface area (Å²) in [6, 6.07) is 12.8. The highest BCUT2D eigenvalue weighted by atomic mass is 16.2. The van der Waals surface area contributed by atoms with E-state index in [0.29, 0.717) is 6.54 Å². The number of H-pyrrole nitrogens is 2. The van der Waals surface area contributed by atoms with Crippen molar-refractivity contribution in [3.8, 4) is 0 Å². The topological polar surface area (TPSA) is 152 Å². The SMILES string of the molecule is CCO.Cc1[nH]nc2ccc(CCCCN)cc12.Cc1[nH]nc2ccc(CCCCN=[N+]=[N-])cc12. The normalized spacial score (nSPS) is 10.3. The summed E-state index contributed by atoms with van der Waals surface area (Å²) in [5, 5.41) is 27.9. The van der Waals surface area contributed by atoms with Gasteiger partial charge in [0.2, 0.25) is 0 Å². The van der Waals surface area contributed by atoms with Gasteiger partial charge in [-0.2, -0.15) is 10.2 Å². The number of hydrogen-bond donors (Lipinski definition) is 4. The van der Waals surface area contributed by atoms with Crippen LogP contribution in [0.4, 0.5) is 0 Å². The van der Waals surface area contributed by atoms with Crippen molar-refractivity contribution in [1.82, 2.24) is 20.4 Å². The number of aliphatic hydroxyl groups excluding tert-OH is 1. The highest BCUT2D eigenvalue weighted by molar-refractivity contribution is 5.82. The molecule has 0 saturated heterocycles. The van der Waals surface area contributed by atoms with Crippen LogP contribution in [0.25, 0.3) is 32.2 Å². The lowest BCUT2D eigenvalue weighted by atomic mass is 10.1. The van der Waals surface area contributed by atoms with Crippen LogP contribution in [0.5, 0.6) is 0 Å². The average molecular weight is 479 g/mol. The zero-order valence-electron chi connectivity index (χ0n) is 21.1. The summed E-state index contributed by atoms with van der Waals surface area (Å²) in [5.41, 5.74) is 20.6. The number of rotatable bonds is 9. The fourth-order valence-corrected chi connectivity index (χ4v) is 3.71. The Labute approximate surface area is 206 Å². The van der Waals surface area contributed by atoms with Gasteiger partial charge in [-0.05, 0) is 107 Å². The van der Waals surface area contributed by atoms with E-state index < -0.39 is 0 Å². The van der Waals surface area contributed by atoms with Gasteiger partial charge in [-0.15, -0.1) is 0 Å². The van der Waals surface area contributed by atoms with E-state index in [1.54, 1.807) is 6.92 Å². The maximum absolute atomic E-state index is 8.16. The van der Waals surface area contributed by atoms with Crippen molar-refractivity contribution in [2.75, 3.05) is 19.7 Å². The Balaban J connectivity index is 0.000000223.